The summed E-state index contributed by atoms with van der Waals surface area (Å²) in [5.74, 6) is 0.116. The Hall–Kier alpha value is -0.190. The second kappa shape index (κ2) is 8.60. The minimum atomic E-state index is -0.684. The van der Waals surface area contributed by atoms with Gasteiger partial charge in [-0.05, 0) is 40.2 Å². The van der Waals surface area contributed by atoms with Crippen molar-refractivity contribution in [3.8, 4) is 0 Å². The van der Waals surface area contributed by atoms with Crippen molar-refractivity contribution in [2.75, 3.05) is 12.4 Å². The van der Waals surface area contributed by atoms with Gasteiger partial charge in [-0.25, -0.2) is 0 Å². The first kappa shape index (κ1) is 21.8. The van der Waals surface area contributed by atoms with Crippen molar-refractivity contribution in [2.45, 2.75) is 72.6 Å². The van der Waals surface area contributed by atoms with Gasteiger partial charge in [-0.3, -0.25) is 9.69 Å². The molecule has 0 fully saturated rings. The molecule has 3 nitrogen and oxygen atoms in total. The van der Waals surface area contributed by atoms with E-state index < -0.39 is 17.6 Å². The van der Waals surface area contributed by atoms with Gasteiger partial charge in [0.1, 0.15) is 0 Å². The van der Waals surface area contributed by atoms with Crippen LogP contribution in [0, 0.1) is 11.3 Å². The van der Waals surface area contributed by atoms with Crippen LogP contribution in [0.25, 0.3) is 0 Å². The Kier molecular flexibility index (Phi) is 8.53. The fraction of sp³-hybridized carbons (Fsp3) is 0.833. The molecule has 0 aromatic rings. The van der Waals surface area contributed by atoms with Gasteiger partial charge in [0.25, 0.3) is 0 Å². The molecule has 22 heavy (non-hydrogen) atoms. The van der Waals surface area contributed by atoms with Crippen LogP contribution in [0.5, 0.6) is 0 Å². The molecule has 3 atom stereocenters. The van der Waals surface area contributed by atoms with Gasteiger partial charge in [-0.15, -0.1) is 0 Å². The van der Waals surface area contributed by atoms with Gasteiger partial charge in [-0.2, -0.15) is 0 Å². The number of allylic oxidation sites excluding steroid dienone is 2. The van der Waals surface area contributed by atoms with E-state index in [2.05, 4.69) is 42.8 Å². The van der Waals surface area contributed by atoms with Crippen LogP contribution >= 0.6 is 15.9 Å². The molecule has 0 aliphatic heterocycles. The van der Waals surface area contributed by atoms with Crippen LogP contribution in [0.4, 0.5) is 0 Å². The molecule has 0 aromatic carbocycles. The van der Waals surface area contributed by atoms with E-state index in [-0.39, 0.29) is 17.2 Å². The Morgan fingerprint density at radius 1 is 1.18 bits per heavy atom. The predicted octanol–water partition coefficient (Wildman–Crippen LogP) is 4.04. The molecule has 0 aliphatic rings. The molecule has 0 bridgehead atoms. The lowest BCUT2D eigenvalue weighted by molar-refractivity contribution is -0.140. The smallest absolute Gasteiger partial charge is 0.157 e. The van der Waals surface area contributed by atoms with Gasteiger partial charge in [0, 0.05) is 16.3 Å². The summed E-state index contributed by atoms with van der Waals surface area (Å²) >= 11 is 3.35. The topological polar surface area (TPSA) is 40.5 Å². The Labute approximate surface area is 145 Å². The highest BCUT2D eigenvalue weighted by atomic mass is 79.9. The summed E-state index contributed by atoms with van der Waals surface area (Å²) in [4.78, 5) is 14.9. The number of alkyl halides is 1. The van der Waals surface area contributed by atoms with Crippen molar-refractivity contribution in [1.29, 1.82) is 0 Å². The fourth-order valence-corrected chi connectivity index (χ4v) is 2.51. The van der Waals surface area contributed by atoms with E-state index in [0.29, 0.717) is 0 Å². The van der Waals surface area contributed by atoms with Gasteiger partial charge in [0.05, 0.1) is 12.1 Å². The van der Waals surface area contributed by atoms with E-state index in [1.54, 1.807) is 0 Å². The second-order valence-corrected chi connectivity index (χ2v) is 8.82. The number of rotatable bonds is 7. The minimum Gasteiger partial charge on any atom is -0.391 e. The van der Waals surface area contributed by atoms with Gasteiger partial charge in [0.15, 0.2) is 5.78 Å². The highest BCUT2D eigenvalue weighted by molar-refractivity contribution is 9.09. The summed E-state index contributed by atoms with van der Waals surface area (Å²) in [7, 11) is 1.93. The highest BCUT2D eigenvalue weighted by Crippen LogP contribution is 2.28. The number of likely N-dealkylation sites (N-methyl/N-ethyl adjacent to an activating group) is 1. The molecule has 0 amide bonds. The Bertz CT molecular complexity index is 380. The average molecular weight is 376 g/mol. The number of hydrogen-bond donors (Lipinski definition) is 1. The second-order valence-electron chi connectivity index (χ2n) is 8.17. The lowest BCUT2D eigenvalue weighted by Gasteiger charge is -2.43. The molecule has 0 heterocycles. The summed E-state index contributed by atoms with van der Waals surface area (Å²) in [6.07, 6.45) is 4.16. The maximum absolute atomic E-state index is 12.9. The summed E-state index contributed by atoms with van der Waals surface area (Å²) in [6.45, 7) is 14.0. The van der Waals surface area contributed by atoms with Crippen molar-refractivity contribution in [2.24, 2.45) is 11.3 Å². The van der Waals surface area contributed by atoms with Crippen molar-refractivity contribution in [3.05, 3.63) is 12.2 Å². The van der Waals surface area contributed by atoms with Crippen LogP contribution in [-0.2, 0) is 4.79 Å². The predicted molar refractivity (Wildman–Crippen MR) is 98.5 cm³/mol. The zero-order valence-corrected chi connectivity index (χ0v) is 17.1. The largest absolute Gasteiger partial charge is 0.391 e. The molecule has 0 rings (SSSR count). The number of hydrogen-bond acceptors (Lipinski definition) is 3. The number of Topliss-reactive ketones (excluding diaryl/α,β-unsaturated/α-hetero) is 1. The van der Waals surface area contributed by atoms with Crippen molar-refractivity contribution in [1.82, 2.24) is 4.90 Å². The molecular weight excluding hydrogens is 342 g/mol. The average Bonchev–Trinajstić information content (AvgIpc) is 2.36. The monoisotopic (exact) mass is 375 g/mol. The summed E-state index contributed by atoms with van der Waals surface area (Å²) in [5.41, 5.74) is -0.658. The van der Waals surface area contributed by atoms with Crippen LogP contribution < -0.4 is 0 Å². The quantitative estimate of drug-likeness (QED) is 0.539. The number of carbonyl (C=O) groups is 1. The molecular formula is C18H34BrNO2. The van der Waals surface area contributed by atoms with Crippen LogP contribution in [0.3, 0.4) is 0 Å². The van der Waals surface area contributed by atoms with Crippen molar-refractivity contribution >= 4 is 21.7 Å². The van der Waals surface area contributed by atoms with Crippen LogP contribution in [0.15, 0.2) is 12.2 Å². The third-order valence-corrected chi connectivity index (χ3v) is 4.53. The van der Waals surface area contributed by atoms with E-state index in [9.17, 15) is 9.90 Å². The Morgan fingerprint density at radius 2 is 1.68 bits per heavy atom. The van der Waals surface area contributed by atoms with E-state index in [4.69, 9.17) is 0 Å². The highest BCUT2D eigenvalue weighted by Gasteiger charge is 2.41. The molecule has 0 aliphatic carbocycles. The molecule has 0 saturated carbocycles. The first-order valence-corrected chi connectivity index (χ1v) is 9.12. The molecule has 0 radical (unpaired) electrons. The molecule has 4 heteroatoms. The van der Waals surface area contributed by atoms with Crippen molar-refractivity contribution in [3.63, 3.8) is 0 Å². The van der Waals surface area contributed by atoms with Gasteiger partial charge >= 0.3 is 0 Å². The third-order valence-electron chi connectivity index (χ3n) is 4.15. The van der Waals surface area contributed by atoms with Crippen LogP contribution in [0.1, 0.15) is 54.9 Å². The zero-order valence-electron chi connectivity index (χ0n) is 15.5. The van der Waals surface area contributed by atoms with Crippen LogP contribution in [0.2, 0.25) is 0 Å². The zero-order chi connectivity index (χ0) is 17.7. The lowest BCUT2D eigenvalue weighted by atomic mass is 9.79. The SMILES string of the molecule is CC(C/C=C/CBr)C(O)C(C(=O)C(C)(C)C)N(C)C(C)(C)C. The summed E-state index contributed by atoms with van der Waals surface area (Å²) in [6, 6.07) is -0.493. The lowest BCUT2D eigenvalue weighted by Crippen LogP contribution is -2.58. The molecule has 1 N–H and O–H groups in total. The normalized spacial score (nSPS) is 17.8. The van der Waals surface area contributed by atoms with Gasteiger partial charge in [-0.1, -0.05) is 55.8 Å². The number of aliphatic hydroxyl groups excluding tert-OH is 1. The fourth-order valence-electron chi connectivity index (χ4n) is 2.25. The number of carbonyl (C=O) groups excluding carboxylic acids is 1. The number of nitrogens with zero attached hydrogens (tertiary/aromatic N) is 1. The molecule has 0 aromatic heterocycles. The molecule has 0 saturated heterocycles. The van der Waals surface area contributed by atoms with Gasteiger partial charge < -0.3 is 5.11 Å². The standard InChI is InChI=1S/C18H34BrNO2/c1-13(11-9-10-12-19)15(21)14(16(22)17(2,3)4)20(8)18(5,6)7/h9-10,13-15,21H,11-12H2,1-8H3/b10-9+. The Morgan fingerprint density at radius 3 is 2.05 bits per heavy atom. The molecule has 0 spiro atoms. The Balaban J connectivity index is 5.40. The molecule has 3 unspecified atom stereocenters. The number of ketones is 1. The van der Waals surface area contributed by atoms with E-state index >= 15 is 0 Å². The number of aliphatic hydroxyl groups is 1. The maximum Gasteiger partial charge on any atom is 0.157 e. The van der Waals surface area contributed by atoms with Crippen molar-refractivity contribution < 1.29 is 9.90 Å². The third kappa shape index (κ3) is 6.51. The number of halogens is 1. The van der Waals surface area contributed by atoms with Gasteiger partial charge in [0.2, 0.25) is 0 Å². The van der Waals surface area contributed by atoms with Crippen LogP contribution in [-0.4, -0.2) is 45.9 Å². The minimum absolute atomic E-state index is 0.0244. The first-order valence-electron chi connectivity index (χ1n) is 8.00. The molecule has 130 valence electrons. The van der Waals surface area contributed by atoms with E-state index in [1.165, 1.54) is 0 Å². The van der Waals surface area contributed by atoms with E-state index in [0.717, 1.165) is 11.8 Å². The maximum atomic E-state index is 12.9. The first-order chi connectivity index (χ1) is 9.84. The van der Waals surface area contributed by atoms with E-state index in [1.807, 2.05) is 45.7 Å². The summed E-state index contributed by atoms with van der Waals surface area (Å²) < 4.78 is 0. The summed E-state index contributed by atoms with van der Waals surface area (Å²) in [5, 5.41) is 11.6.